The summed E-state index contributed by atoms with van der Waals surface area (Å²) in [5.41, 5.74) is 8.14. The number of ether oxygens (including phenoxy) is 1. The standard InChI is InChI=1S/C21H26N2O2/c1-16-15-18(22)11-13-23(16)21(24)12-14-25-20-10-6-5-9-19(20)17-7-3-2-4-8-17/h2-10,16,18H,11-15,22H2,1H3/t16-,18+/m0/s1. The number of rotatable bonds is 5. The van der Waals surface area contributed by atoms with Crippen LogP contribution in [0.3, 0.4) is 0 Å². The molecule has 2 atom stereocenters. The molecule has 2 aromatic rings. The summed E-state index contributed by atoms with van der Waals surface area (Å²) in [5, 5.41) is 0. The first-order valence-corrected chi connectivity index (χ1v) is 8.97. The Bertz CT molecular complexity index is 702. The van der Waals surface area contributed by atoms with Gasteiger partial charge in [0.15, 0.2) is 0 Å². The normalized spacial score (nSPS) is 20.3. The van der Waals surface area contributed by atoms with Crippen molar-refractivity contribution in [1.82, 2.24) is 4.90 Å². The predicted octanol–water partition coefficient (Wildman–Crippen LogP) is 3.46. The number of hydrogen-bond acceptors (Lipinski definition) is 3. The quantitative estimate of drug-likeness (QED) is 0.908. The van der Waals surface area contributed by atoms with Crippen LogP contribution in [0.2, 0.25) is 0 Å². The first kappa shape index (κ1) is 17.5. The van der Waals surface area contributed by atoms with Crippen molar-refractivity contribution in [2.24, 2.45) is 5.73 Å². The Kier molecular flexibility index (Phi) is 5.71. The molecule has 1 fully saturated rings. The smallest absolute Gasteiger partial charge is 0.226 e. The minimum atomic E-state index is 0.150. The number of hydrogen-bond donors (Lipinski definition) is 1. The van der Waals surface area contributed by atoms with Crippen LogP contribution in [-0.2, 0) is 4.79 Å². The summed E-state index contributed by atoms with van der Waals surface area (Å²) >= 11 is 0. The highest BCUT2D eigenvalue weighted by atomic mass is 16.5. The fourth-order valence-corrected chi connectivity index (χ4v) is 3.42. The van der Waals surface area contributed by atoms with Gasteiger partial charge in [-0.1, -0.05) is 48.5 Å². The Balaban J connectivity index is 1.59. The second-order valence-electron chi connectivity index (χ2n) is 6.68. The highest BCUT2D eigenvalue weighted by molar-refractivity contribution is 5.77. The molecule has 4 nitrogen and oxygen atoms in total. The lowest BCUT2D eigenvalue weighted by Crippen LogP contribution is -2.48. The highest BCUT2D eigenvalue weighted by Gasteiger charge is 2.26. The Morgan fingerprint density at radius 3 is 2.64 bits per heavy atom. The first-order chi connectivity index (χ1) is 12.1. The van der Waals surface area contributed by atoms with Gasteiger partial charge in [-0.05, 0) is 31.4 Å². The summed E-state index contributed by atoms with van der Waals surface area (Å²) in [7, 11) is 0. The molecule has 0 spiro atoms. The number of amides is 1. The Morgan fingerprint density at radius 2 is 1.88 bits per heavy atom. The molecule has 0 unspecified atom stereocenters. The first-order valence-electron chi connectivity index (χ1n) is 8.97. The van der Waals surface area contributed by atoms with E-state index in [0.717, 1.165) is 36.3 Å². The summed E-state index contributed by atoms with van der Waals surface area (Å²) < 4.78 is 5.94. The van der Waals surface area contributed by atoms with Gasteiger partial charge in [0.1, 0.15) is 5.75 Å². The third kappa shape index (κ3) is 4.40. The maximum atomic E-state index is 12.5. The Labute approximate surface area is 149 Å². The average molecular weight is 338 g/mol. The van der Waals surface area contributed by atoms with E-state index in [4.69, 9.17) is 10.5 Å². The van der Waals surface area contributed by atoms with E-state index in [-0.39, 0.29) is 18.0 Å². The van der Waals surface area contributed by atoms with Crippen LogP contribution in [0.1, 0.15) is 26.2 Å². The molecule has 1 saturated heterocycles. The van der Waals surface area contributed by atoms with Crippen molar-refractivity contribution in [3.8, 4) is 16.9 Å². The second kappa shape index (κ2) is 8.17. The van der Waals surface area contributed by atoms with Crippen LogP contribution in [0.4, 0.5) is 0 Å². The zero-order valence-corrected chi connectivity index (χ0v) is 14.7. The molecule has 2 N–H and O–H groups in total. The summed E-state index contributed by atoms with van der Waals surface area (Å²) in [6.45, 7) is 3.21. The molecule has 0 aliphatic carbocycles. The fourth-order valence-electron chi connectivity index (χ4n) is 3.42. The van der Waals surface area contributed by atoms with E-state index in [9.17, 15) is 4.79 Å². The topological polar surface area (TPSA) is 55.6 Å². The maximum Gasteiger partial charge on any atom is 0.226 e. The molecular weight excluding hydrogens is 312 g/mol. The summed E-state index contributed by atoms with van der Waals surface area (Å²) in [4.78, 5) is 14.4. The molecule has 0 saturated carbocycles. The van der Waals surface area contributed by atoms with Crippen LogP contribution < -0.4 is 10.5 Å². The molecule has 1 aliphatic rings. The van der Waals surface area contributed by atoms with Gasteiger partial charge < -0.3 is 15.4 Å². The number of carbonyl (C=O) groups is 1. The van der Waals surface area contributed by atoms with E-state index in [1.165, 1.54) is 0 Å². The fraction of sp³-hybridized carbons (Fsp3) is 0.381. The van der Waals surface area contributed by atoms with Crippen molar-refractivity contribution >= 4 is 5.91 Å². The summed E-state index contributed by atoms with van der Waals surface area (Å²) in [5.74, 6) is 0.965. The highest BCUT2D eigenvalue weighted by Crippen LogP contribution is 2.29. The molecule has 132 valence electrons. The number of benzene rings is 2. The molecule has 0 aromatic heterocycles. The third-order valence-corrected chi connectivity index (χ3v) is 4.78. The molecule has 1 aliphatic heterocycles. The van der Waals surface area contributed by atoms with Crippen molar-refractivity contribution in [3.63, 3.8) is 0 Å². The number of carbonyl (C=O) groups excluding carboxylic acids is 1. The SMILES string of the molecule is C[C@H]1C[C@H](N)CCN1C(=O)CCOc1ccccc1-c1ccccc1. The van der Waals surface area contributed by atoms with Gasteiger partial charge in [-0.25, -0.2) is 0 Å². The lowest BCUT2D eigenvalue weighted by molar-refractivity contribution is -0.135. The van der Waals surface area contributed by atoms with E-state index >= 15 is 0 Å². The zero-order valence-electron chi connectivity index (χ0n) is 14.7. The van der Waals surface area contributed by atoms with Gasteiger partial charge in [0.25, 0.3) is 0 Å². The van der Waals surface area contributed by atoms with Crippen LogP contribution >= 0.6 is 0 Å². The molecule has 1 amide bonds. The van der Waals surface area contributed by atoms with Gasteiger partial charge in [-0.15, -0.1) is 0 Å². The second-order valence-corrected chi connectivity index (χ2v) is 6.68. The number of nitrogens with zero attached hydrogens (tertiary/aromatic N) is 1. The van der Waals surface area contributed by atoms with Crippen LogP contribution in [0, 0.1) is 0 Å². The van der Waals surface area contributed by atoms with Gasteiger partial charge in [-0.3, -0.25) is 4.79 Å². The van der Waals surface area contributed by atoms with Crippen molar-refractivity contribution in [2.45, 2.75) is 38.3 Å². The van der Waals surface area contributed by atoms with Crippen LogP contribution in [-0.4, -0.2) is 36.0 Å². The number of nitrogens with two attached hydrogens (primary N) is 1. The lowest BCUT2D eigenvalue weighted by atomic mass is 9.99. The predicted molar refractivity (Wildman–Crippen MR) is 100 cm³/mol. The third-order valence-electron chi connectivity index (χ3n) is 4.78. The average Bonchev–Trinajstić information content (AvgIpc) is 2.63. The van der Waals surface area contributed by atoms with Gasteiger partial charge in [0, 0.05) is 24.2 Å². The number of likely N-dealkylation sites (tertiary alicyclic amines) is 1. The van der Waals surface area contributed by atoms with Crippen molar-refractivity contribution in [3.05, 3.63) is 54.6 Å². The van der Waals surface area contributed by atoms with Crippen LogP contribution in [0.15, 0.2) is 54.6 Å². The molecule has 1 heterocycles. The summed E-state index contributed by atoms with van der Waals surface area (Å²) in [6, 6.07) is 18.5. The van der Waals surface area contributed by atoms with E-state index in [1.54, 1.807) is 0 Å². The monoisotopic (exact) mass is 338 g/mol. The van der Waals surface area contributed by atoms with E-state index in [0.29, 0.717) is 13.0 Å². The summed E-state index contributed by atoms with van der Waals surface area (Å²) in [6.07, 6.45) is 2.15. The van der Waals surface area contributed by atoms with E-state index in [1.807, 2.05) is 47.4 Å². The van der Waals surface area contributed by atoms with Gasteiger partial charge in [0.05, 0.1) is 13.0 Å². The van der Waals surface area contributed by atoms with Crippen molar-refractivity contribution < 1.29 is 9.53 Å². The van der Waals surface area contributed by atoms with Crippen LogP contribution in [0.25, 0.3) is 11.1 Å². The molecular formula is C21H26N2O2. The molecule has 0 radical (unpaired) electrons. The zero-order chi connectivity index (χ0) is 17.6. The largest absolute Gasteiger partial charge is 0.492 e. The Morgan fingerprint density at radius 1 is 1.16 bits per heavy atom. The molecule has 3 rings (SSSR count). The van der Waals surface area contributed by atoms with Crippen molar-refractivity contribution in [1.29, 1.82) is 0 Å². The van der Waals surface area contributed by atoms with Gasteiger partial charge in [-0.2, -0.15) is 0 Å². The minimum absolute atomic E-state index is 0.150. The van der Waals surface area contributed by atoms with Gasteiger partial charge in [0.2, 0.25) is 5.91 Å². The Hall–Kier alpha value is -2.33. The van der Waals surface area contributed by atoms with Crippen LogP contribution in [0.5, 0.6) is 5.75 Å². The number of piperidine rings is 1. The maximum absolute atomic E-state index is 12.5. The molecule has 0 bridgehead atoms. The van der Waals surface area contributed by atoms with E-state index in [2.05, 4.69) is 19.1 Å². The lowest BCUT2D eigenvalue weighted by Gasteiger charge is -2.36. The molecule has 4 heteroatoms. The minimum Gasteiger partial charge on any atom is -0.492 e. The number of para-hydroxylation sites is 1. The molecule has 2 aromatic carbocycles. The van der Waals surface area contributed by atoms with Crippen molar-refractivity contribution in [2.75, 3.05) is 13.2 Å². The van der Waals surface area contributed by atoms with E-state index < -0.39 is 0 Å². The van der Waals surface area contributed by atoms with Gasteiger partial charge >= 0.3 is 0 Å². The molecule has 25 heavy (non-hydrogen) atoms.